The predicted octanol–water partition coefficient (Wildman–Crippen LogP) is 0.934. The van der Waals surface area contributed by atoms with Gasteiger partial charge in [-0.2, -0.15) is 0 Å². The number of nitrogens with zero attached hydrogens (tertiary/aromatic N) is 3. The highest BCUT2D eigenvalue weighted by molar-refractivity contribution is 5.80. The molecule has 0 bridgehead atoms. The lowest BCUT2D eigenvalue weighted by Crippen LogP contribution is -2.18. The number of aromatic amines is 4. The van der Waals surface area contributed by atoms with Crippen LogP contribution in [-0.2, 0) is 0 Å². The monoisotopic (exact) mass is 412 g/mol. The predicted molar refractivity (Wildman–Crippen MR) is 116 cm³/mol. The molecule has 0 atom stereocenters. The van der Waals surface area contributed by atoms with Crippen molar-refractivity contribution in [3.05, 3.63) is 100 Å². The van der Waals surface area contributed by atoms with Gasteiger partial charge in [-0.1, -0.05) is 29.4 Å². The highest BCUT2D eigenvalue weighted by atomic mass is 16.2. The standard InChI is InChI=1S/2C8H6N2O2.CH3N3.CH5N/c2*11-7-5-3-1-2-4-6(5)8(12)10-9-7;1-3-4-2;1-2/h2*1-4H,(H,9,11)(H,10,12);1H3;2H2,1H3. The molecule has 2 heterocycles. The Balaban J connectivity index is 0.000000239. The summed E-state index contributed by atoms with van der Waals surface area (Å²) in [6.45, 7) is 0. The second kappa shape index (κ2) is 12.1. The van der Waals surface area contributed by atoms with Crippen LogP contribution in [0.2, 0.25) is 0 Å². The SMILES string of the molecule is CN.CN=[N+]=[N-].O=c1[nH][nH]c(=O)c2ccccc12.O=c1[nH][nH]c(=O)c2ccccc12. The molecule has 0 radical (unpaired) electrons. The smallest absolute Gasteiger partial charge is 0.270 e. The molecule has 0 saturated heterocycles. The molecule has 0 saturated carbocycles. The number of aromatic nitrogens is 4. The van der Waals surface area contributed by atoms with E-state index >= 15 is 0 Å². The minimum absolute atomic E-state index is 0.273. The Morgan fingerprint density at radius 3 is 1.03 bits per heavy atom. The van der Waals surface area contributed by atoms with Gasteiger partial charge >= 0.3 is 0 Å². The first-order chi connectivity index (χ1) is 14.5. The van der Waals surface area contributed by atoms with Gasteiger partial charge in [-0.3, -0.25) is 39.6 Å². The van der Waals surface area contributed by atoms with Gasteiger partial charge in [0.15, 0.2) is 0 Å². The highest BCUT2D eigenvalue weighted by Gasteiger charge is 1.99. The fraction of sp³-hybridized carbons (Fsp3) is 0.111. The van der Waals surface area contributed by atoms with Crippen LogP contribution in [0, 0.1) is 0 Å². The minimum Gasteiger partial charge on any atom is -0.333 e. The molecule has 0 unspecified atom stereocenters. The van der Waals surface area contributed by atoms with Gasteiger partial charge in [0, 0.05) is 12.0 Å². The summed E-state index contributed by atoms with van der Waals surface area (Å²) in [6.07, 6.45) is 0. The van der Waals surface area contributed by atoms with Crippen LogP contribution in [0.15, 0.2) is 72.8 Å². The van der Waals surface area contributed by atoms with Crippen molar-refractivity contribution in [2.24, 2.45) is 10.8 Å². The molecule has 0 aliphatic heterocycles. The molecular weight excluding hydrogens is 392 g/mol. The van der Waals surface area contributed by atoms with Crippen LogP contribution in [-0.4, -0.2) is 34.5 Å². The van der Waals surface area contributed by atoms with E-state index in [1.807, 2.05) is 0 Å². The van der Waals surface area contributed by atoms with E-state index in [-0.39, 0.29) is 22.2 Å². The van der Waals surface area contributed by atoms with Crippen molar-refractivity contribution in [1.29, 1.82) is 0 Å². The number of fused-ring (bicyclic) bond motifs is 2. The quantitative estimate of drug-likeness (QED) is 0.162. The van der Waals surface area contributed by atoms with E-state index in [1.54, 1.807) is 48.5 Å². The zero-order valence-corrected chi connectivity index (χ0v) is 16.2. The van der Waals surface area contributed by atoms with Gasteiger partial charge in [-0.05, 0) is 36.8 Å². The minimum atomic E-state index is -0.273. The van der Waals surface area contributed by atoms with Gasteiger partial charge in [0.1, 0.15) is 0 Å². The lowest BCUT2D eigenvalue weighted by molar-refractivity contribution is 0.976. The van der Waals surface area contributed by atoms with Gasteiger partial charge in [0.25, 0.3) is 22.2 Å². The van der Waals surface area contributed by atoms with E-state index in [2.05, 4.69) is 36.2 Å². The van der Waals surface area contributed by atoms with Crippen molar-refractivity contribution in [3.63, 3.8) is 0 Å². The molecule has 30 heavy (non-hydrogen) atoms. The summed E-state index contributed by atoms with van der Waals surface area (Å²) in [5.74, 6) is 0. The Labute approximate surface area is 168 Å². The Morgan fingerprint density at radius 2 is 0.867 bits per heavy atom. The molecule has 4 rings (SSSR count). The average Bonchev–Trinajstić information content (AvgIpc) is 2.81. The van der Waals surface area contributed by atoms with Crippen LogP contribution in [0.5, 0.6) is 0 Å². The average molecular weight is 412 g/mol. The summed E-state index contributed by atoms with van der Waals surface area (Å²) in [5, 5.41) is 13.6. The van der Waals surface area contributed by atoms with Crippen LogP contribution < -0.4 is 28.0 Å². The molecule has 4 aromatic rings. The second-order valence-electron chi connectivity index (χ2n) is 5.20. The van der Waals surface area contributed by atoms with Crippen LogP contribution >= 0.6 is 0 Å². The summed E-state index contributed by atoms with van der Waals surface area (Å²) in [7, 11) is 2.89. The largest absolute Gasteiger partial charge is 0.333 e. The van der Waals surface area contributed by atoms with Gasteiger partial charge in [-0.15, -0.1) is 0 Å². The number of nitrogens with one attached hydrogen (secondary N) is 4. The molecule has 2 aromatic carbocycles. The van der Waals surface area contributed by atoms with E-state index < -0.39 is 0 Å². The van der Waals surface area contributed by atoms with E-state index in [0.29, 0.717) is 21.5 Å². The number of benzene rings is 2. The lowest BCUT2D eigenvalue weighted by atomic mass is 10.2. The summed E-state index contributed by atoms with van der Waals surface area (Å²) < 4.78 is 0. The van der Waals surface area contributed by atoms with Gasteiger partial charge < -0.3 is 5.73 Å². The topological polar surface area (TPSA) is 206 Å². The van der Waals surface area contributed by atoms with Crippen LogP contribution in [0.1, 0.15) is 0 Å². The Bertz CT molecular complexity index is 1180. The maximum absolute atomic E-state index is 11.1. The molecule has 12 nitrogen and oxygen atoms in total. The molecular formula is C18H20N8O4. The normalized spacial score (nSPS) is 9.03. The third kappa shape index (κ3) is 6.05. The summed E-state index contributed by atoms with van der Waals surface area (Å²) in [6, 6.07) is 13.3. The van der Waals surface area contributed by atoms with Crippen molar-refractivity contribution in [2.45, 2.75) is 0 Å². The molecule has 12 heteroatoms. The lowest BCUT2D eigenvalue weighted by Gasteiger charge is -1.92. The third-order valence-electron chi connectivity index (χ3n) is 3.50. The van der Waals surface area contributed by atoms with E-state index in [9.17, 15) is 19.2 Å². The first-order valence-electron chi connectivity index (χ1n) is 8.40. The zero-order valence-electron chi connectivity index (χ0n) is 16.2. The summed E-state index contributed by atoms with van der Waals surface area (Å²) in [4.78, 5) is 46.8. The van der Waals surface area contributed by atoms with Gasteiger partial charge in [0.2, 0.25) is 0 Å². The van der Waals surface area contributed by atoms with Crippen molar-refractivity contribution in [1.82, 2.24) is 20.4 Å². The first-order valence-corrected chi connectivity index (χ1v) is 8.40. The molecule has 0 aliphatic rings. The Hall–Kier alpha value is -4.41. The highest BCUT2D eigenvalue weighted by Crippen LogP contribution is 2.01. The van der Waals surface area contributed by atoms with Crippen molar-refractivity contribution >= 4 is 21.5 Å². The van der Waals surface area contributed by atoms with E-state index in [1.165, 1.54) is 14.1 Å². The van der Waals surface area contributed by atoms with Crippen molar-refractivity contribution in [3.8, 4) is 0 Å². The fourth-order valence-electron chi connectivity index (χ4n) is 2.25. The number of H-pyrrole nitrogens is 4. The first kappa shape index (κ1) is 23.6. The number of azide groups is 1. The molecule has 6 N–H and O–H groups in total. The van der Waals surface area contributed by atoms with Gasteiger partial charge in [-0.25, -0.2) is 0 Å². The number of hydrogen-bond donors (Lipinski definition) is 5. The van der Waals surface area contributed by atoms with Crippen molar-refractivity contribution < 1.29 is 0 Å². The van der Waals surface area contributed by atoms with Crippen LogP contribution in [0.4, 0.5) is 0 Å². The third-order valence-corrected chi connectivity index (χ3v) is 3.50. The molecule has 2 aromatic heterocycles. The number of rotatable bonds is 0. The van der Waals surface area contributed by atoms with E-state index in [0.717, 1.165) is 0 Å². The van der Waals surface area contributed by atoms with Crippen LogP contribution in [0.25, 0.3) is 32.0 Å². The Kier molecular flexibility index (Phi) is 9.55. The van der Waals surface area contributed by atoms with Crippen LogP contribution in [0.3, 0.4) is 0 Å². The second-order valence-corrected chi connectivity index (χ2v) is 5.20. The van der Waals surface area contributed by atoms with Crippen molar-refractivity contribution in [2.75, 3.05) is 14.1 Å². The molecule has 0 fully saturated rings. The maximum atomic E-state index is 11.1. The molecule has 156 valence electrons. The van der Waals surface area contributed by atoms with E-state index in [4.69, 9.17) is 5.53 Å². The Morgan fingerprint density at radius 1 is 0.667 bits per heavy atom. The molecule has 0 spiro atoms. The number of hydrogen-bond acceptors (Lipinski definition) is 6. The summed E-state index contributed by atoms with van der Waals surface area (Å²) in [5.41, 5.74) is 10.7. The number of nitrogens with two attached hydrogens (primary N) is 1. The molecule has 0 aliphatic carbocycles. The summed E-state index contributed by atoms with van der Waals surface area (Å²) >= 11 is 0. The fourth-order valence-corrected chi connectivity index (χ4v) is 2.25. The molecule has 0 amide bonds. The zero-order chi connectivity index (χ0) is 22.5. The van der Waals surface area contributed by atoms with Gasteiger partial charge in [0.05, 0.1) is 21.5 Å². The maximum Gasteiger partial charge on any atom is 0.270 e.